The Balaban J connectivity index is 2.94. The second kappa shape index (κ2) is 5.55. The Morgan fingerprint density at radius 3 is 2.88 bits per heavy atom. The number of rotatable bonds is 4. The number of hydrogen-bond donors (Lipinski definition) is 2. The van der Waals surface area contributed by atoms with Crippen molar-refractivity contribution < 1.29 is 4.79 Å². The standard InChI is InChI=1S/C10H15ClN4O/c1-3-15(6-9(16)13-2)10-7(12)4-5-8(11)14-10/h4-5H,3,6,12H2,1-2H3,(H,13,16). The Labute approximate surface area is 99.6 Å². The van der Waals surface area contributed by atoms with Crippen molar-refractivity contribution in [1.82, 2.24) is 10.3 Å². The van der Waals surface area contributed by atoms with E-state index in [0.717, 1.165) is 0 Å². The van der Waals surface area contributed by atoms with E-state index in [4.69, 9.17) is 17.3 Å². The highest BCUT2D eigenvalue weighted by Crippen LogP contribution is 2.22. The van der Waals surface area contributed by atoms with Gasteiger partial charge in [-0.15, -0.1) is 0 Å². The zero-order chi connectivity index (χ0) is 12.1. The van der Waals surface area contributed by atoms with Crippen LogP contribution in [0.15, 0.2) is 12.1 Å². The van der Waals surface area contributed by atoms with Gasteiger partial charge < -0.3 is 16.0 Å². The first-order valence-corrected chi connectivity index (χ1v) is 5.33. The number of hydrogen-bond acceptors (Lipinski definition) is 4. The molecule has 0 atom stereocenters. The van der Waals surface area contributed by atoms with E-state index in [-0.39, 0.29) is 12.5 Å². The maximum atomic E-state index is 11.3. The van der Waals surface area contributed by atoms with Crippen LogP contribution in [0.2, 0.25) is 5.15 Å². The number of amides is 1. The van der Waals surface area contributed by atoms with Gasteiger partial charge in [0.15, 0.2) is 5.82 Å². The number of carbonyl (C=O) groups excluding carboxylic acids is 1. The van der Waals surface area contributed by atoms with E-state index < -0.39 is 0 Å². The molecule has 3 N–H and O–H groups in total. The van der Waals surface area contributed by atoms with Crippen LogP contribution in [-0.2, 0) is 4.79 Å². The maximum absolute atomic E-state index is 11.3. The summed E-state index contributed by atoms with van der Waals surface area (Å²) in [5, 5.41) is 2.91. The Hall–Kier alpha value is -1.49. The van der Waals surface area contributed by atoms with Crippen molar-refractivity contribution in [1.29, 1.82) is 0 Å². The van der Waals surface area contributed by atoms with E-state index in [1.54, 1.807) is 24.1 Å². The van der Waals surface area contributed by atoms with Gasteiger partial charge in [0.1, 0.15) is 5.15 Å². The minimum Gasteiger partial charge on any atom is -0.396 e. The minimum absolute atomic E-state index is 0.0944. The lowest BCUT2D eigenvalue weighted by atomic mass is 10.3. The van der Waals surface area contributed by atoms with Crippen LogP contribution in [0.1, 0.15) is 6.92 Å². The molecule has 0 spiro atoms. The van der Waals surface area contributed by atoms with Gasteiger partial charge in [-0.25, -0.2) is 4.98 Å². The first-order chi connectivity index (χ1) is 7.58. The van der Waals surface area contributed by atoms with Crippen LogP contribution in [0.5, 0.6) is 0 Å². The summed E-state index contributed by atoms with van der Waals surface area (Å²) < 4.78 is 0. The zero-order valence-electron chi connectivity index (χ0n) is 9.33. The fourth-order valence-corrected chi connectivity index (χ4v) is 1.42. The van der Waals surface area contributed by atoms with Crippen molar-refractivity contribution in [3.8, 4) is 0 Å². The molecule has 0 bridgehead atoms. The first kappa shape index (κ1) is 12.6. The molecule has 1 heterocycles. The molecule has 0 aliphatic heterocycles. The average molecular weight is 243 g/mol. The van der Waals surface area contributed by atoms with Gasteiger partial charge in [-0.2, -0.15) is 0 Å². The largest absolute Gasteiger partial charge is 0.396 e. The molecule has 6 heteroatoms. The lowest BCUT2D eigenvalue weighted by Gasteiger charge is -2.22. The van der Waals surface area contributed by atoms with Crippen LogP contribution in [0.3, 0.4) is 0 Å². The molecule has 16 heavy (non-hydrogen) atoms. The van der Waals surface area contributed by atoms with Gasteiger partial charge in [0, 0.05) is 13.6 Å². The summed E-state index contributed by atoms with van der Waals surface area (Å²) >= 11 is 5.79. The van der Waals surface area contributed by atoms with E-state index in [1.807, 2.05) is 6.92 Å². The third-order valence-electron chi connectivity index (χ3n) is 2.17. The lowest BCUT2D eigenvalue weighted by Crippen LogP contribution is -2.36. The zero-order valence-corrected chi connectivity index (χ0v) is 10.1. The van der Waals surface area contributed by atoms with Gasteiger partial charge in [-0.05, 0) is 19.1 Å². The number of aromatic nitrogens is 1. The molecule has 88 valence electrons. The van der Waals surface area contributed by atoms with Gasteiger partial charge in [0.2, 0.25) is 5.91 Å². The summed E-state index contributed by atoms with van der Waals surface area (Å²) in [6, 6.07) is 3.30. The fraction of sp³-hybridized carbons (Fsp3) is 0.400. The van der Waals surface area contributed by atoms with E-state index >= 15 is 0 Å². The molecule has 5 nitrogen and oxygen atoms in total. The molecule has 0 fully saturated rings. The lowest BCUT2D eigenvalue weighted by molar-refractivity contribution is -0.119. The van der Waals surface area contributed by atoms with Crippen molar-refractivity contribution in [3.05, 3.63) is 17.3 Å². The molecule has 0 saturated carbocycles. The topological polar surface area (TPSA) is 71.2 Å². The predicted octanol–water partition coefficient (Wildman–Crippen LogP) is 0.890. The Morgan fingerprint density at radius 2 is 2.31 bits per heavy atom. The number of nitrogens with one attached hydrogen (secondary N) is 1. The number of nitrogen functional groups attached to an aromatic ring is 1. The van der Waals surface area contributed by atoms with Gasteiger partial charge in [0.05, 0.1) is 12.2 Å². The highest BCUT2D eigenvalue weighted by Gasteiger charge is 2.13. The van der Waals surface area contributed by atoms with Gasteiger partial charge in [-0.3, -0.25) is 4.79 Å². The minimum atomic E-state index is -0.0944. The van der Waals surface area contributed by atoms with Crippen LogP contribution in [0.25, 0.3) is 0 Å². The number of likely N-dealkylation sites (N-methyl/N-ethyl adjacent to an activating group) is 2. The van der Waals surface area contributed by atoms with Crippen LogP contribution >= 0.6 is 11.6 Å². The van der Waals surface area contributed by atoms with Crippen LogP contribution < -0.4 is 16.0 Å². The van der Waals surface area contributed by atoms with Crippen LogP contribution in [-0.4, -0.2) is 31.0 Å². The van der Waals surface area contributed by atoms with E-state index in [9.17, 15) is 4.79 Å². The molecule has 0 saturated heterocycles. The van der Waals surface area contributed by atoms with Crippen LogP contribution in [0.4, 0.5) is 11.5 Å². The SMILES string of the molecule is CCN(CC(=O)NC)c1nc(Cl)ccc1N. The highest BCUT2D eigenvalue weighted by molar-refractivity contribution is 6.29. The summed E-state index contributed by atoms with van der Waals surface area (Å²) in [5.41, 5.74) is 6.30. The van der Waals surface area contributed by atoms with E-state index in [1.165, 1.54) is 0 Å². The van der Waals surface area contributed by atoms with E-state index in [0.29, 0.717) is 23.2 Å². The monoisotopic (exact) mass is 242 g/mol. The van der Waals surface area contributed by atoms with Crippen molar-refractivity contribution in [2.24, 2.45) is 0 Å². The second-order valence-electron chi connectivity index (χ2n) is 3.23. The number of pyridine rings is 1. The number of anilines is 2. The predicted molar refractivity (Wildman–Crippen MR) is 65.6 cm³/mol. The summed E-state index contributed by atoms with van der Waals surface area (Å²) in [5.74, 6) is 0.446. The molecule has 1 rings (SSSR count). The number of nitrogens with two attached hydrogens (primary N) is 1. The summed E-state index contributed by atoms with van der Waals surface area (Å²) in [7, 11) is 1.59. The molecule has 0 unspecified atom stereocenters. The third-order valence-corrected chi connectivity index (χ3v) is 2.38. The molecule has 0 aliphatic rings. The quantitative estimate of drug-likeness (QED) is 0.770. The second-order valence-corrected chi connectivity index (χ2v) is 3.62. The third kappa shape index (κ3) is 3.00. The number of halogens is 1. The molecule has 1 aromatic rings. The summed E-state index contributed by atoms with van der Waals surface area (Å²) in [4.78, 5) is 17.2. The Kier molecular flexibility index (Phi) is 4.37. The van der Waals surface area contributed by atoms with Gasteiger partial charge >= 0.3 is 0 Å². The highest BCUT2D eigenvalue weighted by atomic mass is 35.5. The van der Waals surface area contributed by atoms with Gasteiger partial charge in [0.25, 0.3) is 0 Å². The van der Waals surface area contributed by atoms with Gasteiger partial charge in [-0.1, -0.05) is 11.6 Å². The van der Waals surface area contributed by atoms with Crippen molar-refractivity contribution >= 4 is 29.0 Å². The number of carbonyl (C=O) groups is 1. The summed E-state index contributed by atoms with van der Waals surface area (Å²) in [6.45, 7) is 2.76. The molecule has 0 radical (unpaired) electrons. The Morgan fingerprint density at radius 1 is 1.62 bits per heavy atom. The van der Waals surface area contributed by atoms with Crippen molar-refractivity contribution in [2.75, 3.05) is 30.8 Å². The molecule has 0 aromatic carbocycles. The molecular weight excluding hydrogens is 228 g/mol. The van der Waals surface area contributed by atoms with Crippen LogP contribution in [0, 0.1) is 0 Å². The summed E-state index contributed by atoms with van der Waals surface area (Å²) in [6.07, 6.45) is 0. The normalized spacial score (nSPS) is 9.94. The van der Waals surface area contributed by atoms with Crippen molar-refractivity contribution in [2.45, 2.75) is 6.92 Å². The molecule has 0 aliphatic carbocycles. The smallest absolute Gasteiger partial charge is 0.239 e. The molecule has 1 amide bonds. The average Bonchev–Trinajstić information content (AvgIpc) is 2.29. The molecular formula is C10H15ClN4O. The van der Waals surface area contributed by atoms with Crippen molar-refractivity contribution in [3.63, 3.8) is 0 Å². The first-order valence-electron chi connectivity index (χ1n) is 4.96. The molecule has 1 aromatic heterocycles. The fourth-order valence-electron chi connectivity index (χ4n) is 1.28. The Bertz CT molecular complexity index is 383. The maximum Gasteiger partial charge on any atom is 0.239 e. The van der Waals surface area contributed by atoms with E-state index in [2.05, 4.69) is 10.3 Å². The number of nitrogens with zero attached hydrogens (tertiary/aromatic N) is 2.